The fourth-order valence-electron chi connectivity index (χ4n) is 7.26. The molecule has 0 amide bonds. The van der Waals surface area contributed by atoms with Crippen LogP contribution in [0.4, 0.5) is 0 Å². The largest absolute Gasteiger partial charge is 0.456 e. The Bertz CT molecular complexity index is 2900. The summed E-state index contributed by atoms with van der Waals surface area (Å²) in [5.41, 5.74) is 9.17. The Morgan fingerprint density at radius 2 is 0.843 bits per heavy atom. The number of benzene rings is 8. The van der Waals surface area contributed by atoms with Gasteiger partial charge in [-0.2, -0.15) is 0 Å². The SMILES string of the molecule is c1ccc(-c2nc(-c3ccc(-c4cccc5oc6cc7ccccc7cc6c45)cc3)nc(-c3ccc(-c4ccccc4)c4ccccc34)n2)cc1. The Kier molecular flexibility index (Phi) is 6.78. The van der Waals surface area contributed by atoms with E-state index in [1.54, 1.807) is 0 Å². The van der Waals surface area contributed by atoms with E-state index < -0.39 is 0 Å². The minimum Gasteiger partial charge on any atom is -0.456 e. The summed E-state index contributed by atoms with van der Waals surface area (Å²) >= 11 is 0. The molecule has 0 radical (unpaired) electrons. The van der Waals surface area contributed by atoms with Crippen LogP contribution in [0, 0.1) is 0 Å². The molecular weight excluding hydrogens is 623 g/mol. The standard InChI is InChI=1S/C47H29N3O/c1-3-12-30(13-4-1)36-26-27-40(39-19-10-9-18-38(36)39)47-49-45(32-14-5-2-6-15-32)48-46(50-47)33-24-22-31(23-25-33)37-20-11-21-42-44(37)41-28-34-16-7-8-17-35(34)29-43(41)51-42/h1-29H. The Hall–Kier alpha value is -6.91. The Balaban J connectivity index is 1.11. The van der Waals surface area contributed by atoms with Crippen LogP contribution in [0.1, 0.15) is 0 Å². The van der Waals surface area contributed by atoms with Crippen molar-refractivity contribution >= 4 is 43.5 Å². The number of fused-ring (bicyclic) bond motifs is 5. The van der Waals surface area contributed by atoms with Gasteiger partial charge in [0.25, 0.3) is 0 Å². The van der Waals surface area contributed by atoms with Crippen LogP contribution in [-0.4, -0.2) is 15.0 Å². The normalized spacial score (nSPS) is 11.5. The molecule has 238 valence electrons. The van der Waals surface area contributed by atoms with Crippen molar-refractivity contribution in [2.24, 2.45) is 0 Å². The lowest BCUT2D eigenvalue weighted by molar-refractivity contribution is 0.669. The maximum absolute atomic E-state index is 6.36. The van der Waals surface area contributed by atoms with Crippen molar-refractivity contribution < 1.29 is 4.42 Å². The first-order valence-electron chi connectivity index (χ1n) is 17.1. The molecule has 51 heavy (non-hydrogen) atoms. The van der Waals surface area contributed by atoms with Crippen molar-refractivity contribution in [3.63, 3.8) is 0 Å². The predicted molar refractivity (Wildman–Crippen MR) is 209 cm³/mol. The van der Waals surface area contributed by atoms with Gasteiger partial charge in [0.05, 0.1) is 0 Å². The minimum atomic E-state index is 0.625. The highest BCUT2D eigenvalue weighted by Gasteiger charge is 2.17. The molecule has 2 heterocycles. The molecule has 4 nitrogen and oxygen atoms in total. The van der Waals surface area contributed by atoms with Crippen LogP contribution in [0.15, 0.2) is 180 Å². The molecule has 0 saturated heterocycles. The monoisotopic (exact) mass is 651 g/mol. The van der Waals surface area contributed by atoms with E-state index in [9.17, 15) is 0 Å². The van der Waals surface area contributed by atoms with Gasteiger partial charge >= 0.3 is 0 Å². The van der Waals surface area contributed by atoms with Crippen LogP contribution in [-0.2, 0) is 0 Å². The molecule has 10 aromatic rings. The van der Waals surface area contributed by atoms with Gasteiger partial charge in [0.15, 0.2) is 17.5 Å². The summed E-state index contributed by atoms with van der Waals surface area (Å²) in [4.78, 5) is 15.2. The van der Waals surface area contributed by atoms with E-state index in [1.165, 1.54) is 21.9 Å². The van der Waals surface area contributed by atoms with Crippen LogP contribution >= 0.6 is 0 Å². The molecule has 0 spiro atoms. The third kappa shape index (κ3) is 5.04. The highest BCUT2D eigenvalue weighted by molar-refractivity contribution is 6.15. The molecule has 8 aromatic carbocycles. The third-order valence-corrected chi connectivity index (χ3v) is 9.73. The van der Waals surface area contributed by atoms with Gasteiger partial charge in [-0.15, -0.1) is 0 Å². The molecule has 0 aliphatic rings. The number of rotatable bonds is 5. The first-order chi connectivity index (χ1) is 25.3. The molecule has 0 aliphatic carbocycles. The molecule has 4 heteroatoms. The molecule has 0 atom stereocenters. The zero-order valence-electron chi connectivity index (χ0n) is 27.5. The first-order valence-corrected chi connectivity index (χ1v) is 17.1. The molecule has 0 unspecified atom stereocenters. The lowest BCUT2D eigenvalue weighted by Gasteiger charge is -2.13. The lowest BCUT2D eigenvalue weighted by Crippen LogP contribution is -2.00. The van der Waals surface area contributed by atoms with Crippen molar-refractivity contribution in [2.75, 3.05) is 0 Å². The second-order valence-electron chi connectivity index (χ2n) is 12.8. The summed E-state index contributed by atoms with van der Waals surface area (Å²) < 4.78 is 6.36. The van der Waals surface area contributed by atoms with Crippen molar-refractivity contribution in [3.05, 3.63) is 176 Å². The summed E-state index contributed by atoms with van der Waals surface area (Å²) in [5.74, 6) is 1.90. The summed E-state index contributed by atoms with van der Waals surface area (Å²) in [7, 11) is 0. The van der Waals surface area contributed by atoms with Crippen LogP contribution in [0.25, 0.3) is 99.9 Å². The minimum absolute atomic E-state index is 0.625. The summed E-state index contributed by atoms with van der Waals surface area (Å²) in [6, 6.07) is 61.0. The van der Waals surface area contributed by atoms with E-state index in [4.69, 9.17) is 19.4 Å². The Morgan fingerprint density at radius 1 is 0.314 bits per heavy atom. The van der Waals surface area contributed by atoms with Gasteiger partial charge < -0.3 is 4.42 Å². The third-order valence-electron chi connectivity index (χ3n) is 9.73. The van der Waals surface area contributed by atoms with Crippen LogP contribution < -0.4 is 0 Å². The molecular formula is C47H29N3O. The molecule has 0 aliphatic heterocycles. The molecule has 2 aromatic heterocycles. The van der Waals surface area contributed by atoms with E-state index in [-0.39, 0.29) is 0 Å². The number of aromatic nitrogens is 3. The van der Waals surface area contributed by atoms with Gasteiger partial charge in [-0.25, -0.2) is 15.0 Å². The molecule has 10 rings (SSSR count). The average molecular weight is 652 g/mol. The number of nitrogens with zero attached hydrogens (tertiary/aromatic N) is 3. The zero-order chi connectivity index (χ0) is 33.7. The topological polar surface area (TPSA) is 51.8 Å². The summed E-state index contributed by atoms with van der Waals surface area (Å²) in [6.45, 7) is 0. The smallest absolute Gasteiger partial charge is 0.164 e. The summed E-state index contributed by atoms with van der Waals surface area (Å²) in [5, 5.41) is 6.84. The number of hydrogen-bond acceptors (Lipinski definition) is 4. The molecule has 0 fully saturated rings. The quantitative estimate of drug-likeness (QED) is 0.186. The average Bonchev–Trinajstić information content (AvgIpc) is 3.57. The first kappa shape index (κ1) is 29.0. The zero-order valence-corrected chi connectivity index (χ0v) is 27.5. The van der Waals surface area contributed by atoms with Gasteiger partial charge in [0, 0.05) is 27.5 Å². The van der Waals surface area contributed by atoms with E-state index >= 15 is 0 Å². The Labute approximate surface area is 294 Å². The van der Waals surface area contributed by atoms with Crippen molar-refractivity contribution in [3.8, 4) is 56.4 Å². The van der Waals surface area contributed by atoms with Gasteiger partial charge in [-0.3, -0.25) is 0 Å². The van der Waals surface area contributed by atoms with E-state index in [1.807, 2.05) is 42.5 Å². The number of furan rings is 1. The van der Waals surface area contributed by atoms with Crippen molar-refractivity contribution in [1.82, 2.24) is 15.0 Å². The van der Waals surface area contributed by atoms with Gasteiger partial charge in [-0.05, 0) is 68.1 Å². The van der Waals surface area contributed by atoms with Crippen molar-refractivity contribution in [2.45, 2.75) is 0 Å². The van der Waals surface area contributed by atoms with Gasteiger partial charge in [0.1, 0.15) is 11.2 Å². The fourth-order valence-corrected chi connectivity index (χ4v) is 7.26. The van der Waals surface area contributed by atoms with Crippen LogP contribution in [0.5, 0.6) is 0 Å². The predicted octanol–water partition coefficient (Wildman–Crippen LogP) is 12.4. The van der Waals surface area contributed by atoms with E-state index in [0.717, 1.165) is 60.5 Å². The molecule has 0 saturated carbocycles. The summed E-state index contributed by atoms with van der Waals surface area (Å²) in [6.07, 6.45) is 0. The highest BCUT2D eigenvalue weighted by Crippen LogP contribution is 2.39. The van der Waals surface area contributed by atoms with Crippen LogP contribution in [0.2, 0.25) is 0 Å². The van der Waals surface area contributed by atoms with Crippen molar-refractivity contribution in [1.29, 1.82) is 0 Å². The molecule has 0 N–H and O–H groups in total. The fraction of sp³-hybridized carbons (Fsp3) is 0. The maximum atomic E-state index is 6.36. The second-order valence-corrected chi connectivity index (χ2v) is 12.8. The maximum Gasteiger partial charge on any atom is 0.164 e. The molecule has 0 bridgehead atoms. The van der Waals surface area contributed by atoms with Crippen LogP contribution in [0.3, 0.4) is 0 Å². The van der Waals surface area contributed by atoms with Gasteiger partial charge in [0.2, 0.25) is 0 Å². The van der Waals surface area contributed by atoms with Gasteiger partial charge in [-0.1, -0.05) is 152 Å². The lowest BCUT2D eigenvalue weighted by atomic mass is 9.94. The number of hydrogen-bond donors (Lipinski definition) is 0. The van der Waals surface area contributed by atoms with E-state index in [0.29, 0.717) is 17.5 Å². The Morgan fingerprint density at radius 3 is 1.57 bits per heavy atom. The second kappa shape index (κ2) is 11.9. The highest BCUT2D eigenvalue weighted by atomic mass is 16.3. The van der Waals surface area contributed by atoms with E-state index in [2.05, 4.69) is 133 Å².